The number of unbranched alkanes of at least 4 members (excludes halogenated alkanes) is 3. The van der Waals surface area contributed by atoms with E-state index in [2.05, 4.69) is 14.2 Å². The van der Waals surface area contributed by atoms with Gasteiger partial charge in [-0.2, -0.15) is 0 Å². The highest BCUT2D eigenvalue weighted by atomic mass is 32.2. The maximum Gasteiger partial charge on any atom is 0.244 e. The molecule has 0 fully saturated rings. The van der Waals surface area contributed by atoms with Crippen LogP contribution in [-0.2, 0) is 30.1 Å². The molecule has 0 aliphatic rings. The zero-order valence-electron chi connectivity index (χ0n) is 18.1. The highest BCUT2D eigenvalue weighted by Crippen LogP contribution is 2.33. The van der Waals surface area contributed by atoms with E-state index in [4.69, 9.17) is 0 Å². The van der Waals surface area contributed by atoms with Gasteiger partial charge in [-0.25, -0.2) is 39.4 Å². The van der Waals surface area contributed by atoms with E-state index >= 15 is 0 Å². The summed E-state index contributed by atoms with van der Waals surface area (Å²) in [5.41, 5.74) is 0. The molecule has 0 heterocycles. The summed E-state index contributed by atoms with van der Waals surface area (Å²) in [4.78, 5) is -2.18. The quantitative estimate of drug-likeness (QED) is 0.267. The molecule has 13 heteroatoms. The highest BCUT2D eigenvalue weighted by molar-refractivity contribution is 7.91. The van der Waals surface area contributed by atoms with Crippen molar-refractivity contribution in [3.63, 3.8) is 0 Å². The van der Waals surface area contributed by atoms with Crippen molar-refractivity contribution < 1.29 is 30.4 Å². The summed E-state index contributed by atoms with van der Waals surface area (Å²) in [6.07, 6.45) is 3.70. The van der Waals surface area contributed by atoms with Gasteiger partial charge in [0.2, 0.25) is 30.1 Å². The third kappa shape index (κ3) is 7.99. The molecule has 0 atom stereocenters. The fourth-order valence-corrected chi connectivity index (χ4v) is 6.28. The van der Waals surface area contributed by atoms with Gasteiger partial charge in [-0.1, -0.05) is 40.0 Å². The van der Waals surface area contributed by atoms with Crippen molar-refractivity contribution in [3.8, 4) is 5.75 Å². The summed E-state index contributed by atoms with van der Waals surface area (Å²) in [5, 5.41) is 10.5. The molecule has 0 aliphatic heterocycles. The average molecular weight is 500 g/mol. The Hall–Kier alpha value is -1.25. The van der Waals surface area contributed by atoms with Crippen molar-refractivity contribution >= 4 is 30.1 Å². The lowest BCUT2D eigenvalue weighted by molar-refractivity contribution is 0.439. The SMILES string of the molecule is CCCCNS(=O)(=O)c1cc(S(=O)(=O)NCCCC)c(O)c(S(=O)(=O)NCCCC)c1. The summed E-state index contributed by atoms with van der Waals surface area (Å²) in [7, 11) is -12.9. The Balaban J connectivity index is 3.60. The van der Waals surface area contributed by atoms with Crippen LogP contribution in [0, 0.1) is 0 Å². The number of benzene rings is 1. The van der Waals surface area contributed by atoms with Gasteiger partial charge in [0.1, 0.15) is 9.79 Å². The van der Waals surface area contributed by atoms with Crippen LogP contribution in [0.5, 0.6) is 5.75 Å². The molecule has 0 amide bonds. The van der Waals surface area contributed by atoms with Crippen molar-refractivity contribution in [1.29, 1.82) is 0 Å². The first kappa shape index (κ1) is 27.8. The van der Waals surface area contributed by atoms with Crippen LogP contribution < -0.4 is 14.2 Å². The Morgan fingerprint density at radius 1 is 0.645 bits per heavy atom. The van der Waals surface area contributed by atoms with Gasteiger partial charge in [-0.05, 0) is 31.4 Å². The predicted molar refractivity (Wildman–Crippen MR) is 118 cm³/mol. The molecule has 1 aromatic carbocycles. The van der Waals surface area contributed by atoms with Crippen LogP contribution in [0.1, 0.15) is 59.3 Å². The van der Waals surface area contributed by atoms with E-state index in [9.17, 15) is 30.4 Å². The Morgan fingerprint density at radius 2 is 0.968 bits per heavy atom. The Labute approximate surface area is 186 Å². The van der Waals surface area contributed by atoms with E-state index < -0.39 is 50.5 Å². The second-order valence-electron chi connectivity index (χ2n) is 7.02. The molecule has 0 bridgehead atoms. The molecule has 0 spiro atoms. The van der Waals surface area contributed by atoms with Crippen molar-refractivity contribution in [2.24, 2.45) is 0 Å². The van der Waals surface area contributed by atoms with Crippen LogP contribution in [0.3, 0.4) is 0 Å². The minimum absolute atomic E-state index is 0.0564. The van der Waals surface area contributed by atoms with Crippen LogP contribution in [0.2, 0.25) is 0 Å². The summed E-state index contributed by atoms with van der Waals surface area (Å²) in [6, 6.07) is 1.53. The zero-order valence-corrected chi connectivity index (χ0v) is 20.6. The van der Waals surface area contributed by atoms with E-state index in [-0.39, 0.29) is 19.6 Å². The second kappa shape index (κ2) is 12.1. The molecule has 0 aliphatic carbocycles. The molecule has 1 rings (SSSR count). The van der Waals surface area contributed by atoms with E-state index in [0.717, 1.165) is 18.6 Å². The van der Waals surface area contributed by atoms with Crippen LogP contribution in [-0.4, -0.2) is 50.0 Å². The molecule has 0 unspecified atom stereocenters. The van der Waals surface area contributed by atoms with Gasteiger partial charge in [0.05, 0.1) is 4.90 Å². The van der Waals surface area contributed by atoms with Crippen molar-refractivity contribution in [1.82, 2.24) is 14.2 Å². The Kier molecular flexibility index (Phi) is 10.9. The van der Waals surface area contributed by atoms with E-state index in [1.165, 1.54) is 0 Å². The summed E-state index contributed by atoms with van der Waals surface area (Å²) < 4.78 is 83.0. The molecule has 180 valence electrons. The topological polar surface area (TPSA) is 159 Å². The first-order valence-corrected chi connectivity index (χ1v) is 14.7. The fourth-order valence-electron chi connectivity index (χ4n) is 2.51. The molecule has 10 nitrogen and oxygen atoms in total. The van der Waals surface area contributed by atoms with Crippen LogP contribution in [0.4, 0.5) is 0 Å². The standard InChI is InChI=1S/C18H33N3O7S3/c1-4-7-10-19-29(23,24)15-13-16(30(25,26)20-11-8-5-2)18(22)17(14-15)31(27,28)21-12-9-6-3/h13-14,19-22H,4-12H2,1-3H3. The first-order valence-electron chi connectivity index (χ1n) is 10.3. The normalized spacial score (nSPS) is 12.9. The molecule has 0 radical (unpaired) electrons. The molecule has 0 saturated carbocycles. The number of hydrogen-bond acceptors (Lipinski definition) is 7. The van der Waals surface area contributed by atoms with Crippen LogP contribution in [0.25, 0.3) is 0 Å². The summed E-state index contributed by atoms with van der Waals surface area (Å²) >= 11 is 0. The van der Waals surface area contributed by atoms with Gasteiger partial charge in [-0.3, -0.25) is 0 Å². The molecule has 4 N–H and O–H groups in total. The smallest absolute Gasteiger partial charge is 0.244 e. The summed E-state index contributed by atoms with van der Waals surface area (Å²) in [5.74, 6) is -1.03. The molecule has 1 aromatic rings. The monoisotopic (exact) mass is 499 g/mol. The zero-order chi connectivity index (χ0) is 23.7. The minimum atomic E-state index is -4.36. The number of rotatable bonds is 15. The average Bonchev–Trinajstić information content (AvgIpc) is 2.68. The molecule has 31 heavy (non-hydrogen) atoms. The van der Waals surface area contributed by atoms with Crippen molar-refractivity contribution in [2.75, 3.05) is 19.6 Å². The number of nitrogens with one attached hydrogen (secondary N) is 3. The maximum atomic E-state index is 12.7. The Morgan fingerprint density at radius 3 is 1.29 bits per heavy atom. The summed E-state index contributed by atoms with van der Waals surface area (Å²) in [6.45, 7) is 5.80. The third-order valence-electron chi connectivity index (χ3n) is 4.37. The lowest BCUT2D eigenvalue weighted by Gasteiger charge is -2.15. The third-order valence-corrected chi connectivity index (χ3v) is 8.76. The van der Waals surface area contributed by atoms with Crippen LogP contribution in [0.15, 0.2) is 26.8 Å². The second-order valence-corrected chi connectivity index (χ2v) is 12.3. The molecular weight excluding hydrogens is 466 g/mol. The Bertz CT molecular complexity index is 976. The lowest BCUT2D eigenvalue weighted by atomic mass is 10.3. The van der Waals surface area contributed by atoms with E-state index in [1.807, 2.05) is 20.8 Å². The maximum absolute atomic E-state index is 12.7. The largest absolute Gasteiger partial charge is 0.505 e. The number of phenolic OH excluding ortho intramolecular Hbond substituents is 1. The van der Waals surface area contributed by atoms with Gasteiger partial charge in [0.25, 0.3) is 0 Å². The number of sulfonamides is 3. The van der Waals surface area contributed by atoms with Gasteiger partial charge in [-0.15, -0.1) is 0 Å². The van der Waals surface area contributed by atoms with E-state index in [1.54, 1.807) is 0 Å². The van der Waals surface area contributed by atoms with Gasteiger partial charge in [0.15, 0.2) is 5.75 Å². The highest BCUT2D eigenvalue weighted by Gasteiger charge is 2.30. The minimum Gasteiger partial charge on any atom is -0.505 e. The number of aromatic hydroxyl groups is 1. The van der Waals surface area contributed by atoms with Gasteiger partial charge in [0, 0.05) is 19.6 Å². The fraction of sp³-hybridized carbons (Fsp3) is 0.667. The number of hydrogen-bond donors (Lipinski definition) is 4. The molecule has 0 saturated heterocycles. The van der Waals surface area contributed by atoms with Crippen molar-refractivity contribution in [3.05, 3.63) is 12.1 Å². The molecular formula is C18H33N3O7S3. The number of phenols is 1. The first-order chi connectivity index (χ1) is 14.4. The van der Waals surface area contributed by atoms with Crippen molar-refractivity contribution in [2.45, 2.75) is 74.0 Å². The van der Waals surface area contributed by atoms with Crippen LogP contribution >= 0.6 is 0 Å². The van der Waals surface area contributed by atoms with Gasteiger partial charge >= 0.3 is 0 Å². The van der Waals surface area contributed by atoms with Gasteiger partial charge < -0.3 is 5.11 Å². The lowest BCUT2D eigenvalue weighted by Crippen LogP contribution is -2.29. The predicted octanol–water partition coefficient (Wildman–Crippen LogP) is 1.63. The van der Waals surface area contributed by atoms with E-state index in [0.29, 0.717) is 32.1 Å². The molecule has 0 aromatic heterocycles.